The van der Waals surface area contributed by atoms with Crippen molar-refractivity contribution in [2.45, 2.75) is 19.3 Å². The molecule has 0 heterocycles. The van der Waals surface area contributed by atoms with Crippen LogP contribution in [0.25, 0.3) is 11.1 Å². The Morgan fingerprint density at radius 1 is 1.08 bits per heavy atom. The van der Waals surface area contributed by atoms with Crippen molar-refractivity contribution in [3.05, 3.63) is 62.7 Å². The van der Waals surface area contributed by atoms with Crippen molar-refractivity contribution in [3.63, 3.8) is 0 Å². The minimum atomic E-state index is -2.35. The fourth-order valence-electron chi connectivity index (χ4n) is 3.67. The zero-order valence-corrected chi connectivity index (χ0v) is 12.9. The first-order chi connectivity index (χ1) is 11.2. The molecule has 0 aromatic heterocycles. The van der Waals surface area contributed by atoms with E-state index in [-0.39, 0.29) is 22.4 Å². The van der Waals surface area contributed by atoms with E-state index in [9.17, 15) is 29.9 Å². The lowest BCUT2D eigenvalue weighted by molar-refractivity contribution is -0.386. The minimum Gasteiger partial charge on any atom is -0.480 e. The number of nitro groups is 1. The Balaban J connectivity index is 2.58. The number of nitrogens with zero attached hydrogens (tertiary/aromatic N) is 1. The third kappa shape index (κ3) is 1.66. The van der Waals surface area contributed by atoms with E-state index >= 15 is 0 Å². The van der Waals surface area contributed by atoms with Crippen LogP contribution < -0.4 is 0 Å². The highest BCUT2D eigenvalue weighted by Gasteiger charge is 2.57. The average Bonchev–Trinajstić information content (AvgIpc) is 2.79. The molecule has 2 aromatic rings. The summed E-state index contributed by atoms with van der Waals surface area (Å²) in [6, 6.07) is 7.80. The van der Waals surface area contributed by atoms with Crippen LogP contribution in [0.1, 0.15) is 22.3 Å². The number of fused-ring (bicyclic) bond motifs is 3. The molecule has 0 radical (unpaired) electrons. The second kappa shape index (κ2) is 4.89. The normalized spacial score (nSPS) is 13.9. The Morgan fingerprint density at radius 2 is 1.67 bits per heavy atom. The first-order valence-electron chi connectivity index (χ1n) is 7.10. The number of hydrogen-bond donors (Lipinski definition) is 2. The van der Waals surface area contributed by atoms with Gasteiger partial charge in [-0.15, -0.1) is 0 Å². The minimum absolute atomic E-state index is 0.0407. The standard InChI is InChI=1S/C17H13NO6/c1-8-7-11-10-5-3-4-6-12(10)17(15(19)20,16(21)22)13(11)9(2)14(8)18(23)24/h3-7H,1-2H3,(H,19,20)(H,21,22). The highest BCUT2D eigenvalue weighted by atomic mass is 16.6. The average molecular weight is 327 g/mol. The number of carboxylic acid groups (broad SMARTS) is 2. The molecule has 0 atom stereocenters. The van der Waals surface area contributed by atoms with Crippen LogP contribution in [0.4, 0.5) is 5.69 Å². The quantitative estimate of drug-likeness (QED) is 0.508. The van der Waals surface area contributed by atoms with E-state index in [4.69, 9.17) is 0 Å². The van der Waals surface area contributed by atoms with Crippen LogP contribution >= 0.6 is 0 Å². The molecule has 0 spiro atoms. The van der Waals surface area contributed by atoms with Gasteiger partial charge in [0.1, 0.15) is 0 Å². The second-order valence-electron chi connectivity index (χ2n) is 5.75. The number of nitro benzene ring substituents is 1. The predicted molar refractivity (Wildman–Crippen MR) is 84.1 cm³/mol. The van der Waals surface area contributed by atoms with E-state index in [1.54, 1.807) is 25.1 Å². The summed E-state index contributed by atoms with van der Waals surface area (Å²) in [5, 5.41) is 31.0. The fourth-order valence-corrected chi connectivity index (χ4v) is 3.67. The molecular formula is C17H13NO6. The van der Waals surface area contributed by atoms with E-state index in [0.717, 1.165) is 0 Å². The Labute approximate surface area is 136 Å². The largest absolute Gasteiger partial charge is 0.480 e. The maximum absolute atomic E-state index is 12.1. The van der Waals surface area contributed by atoms with E-state index in [1.165, 1.54) is 19.1 Å². The van der Waals surface area contributed by atoms with Crippen molar-refractivity contribution in [3.8, 4) is 11.1 Å². The van der Waals surface area contributed by atoms with E-state index in [1.807, 2.05) is 0 Å². The van der Waals surface area contributed by atoms with Gasteiger partial charge in [0.05, 0.1) is 4.92 Å². The third-order valence-corrected chi connectivity index (χ3v) is 4.55. The van der Waals surface area contributed by atoms with Crippen LogP contribution in [0.2, 0.25) is 0 Å². The van der Waals surface area contributed by atoms with Gasteiger partial charge in [0.15, 0.2) is 0 Å². The summed E-state index contributed by atoms with van der Waals surface area (Å²) in [7, 11) is 0. The van der Waals surface area contributed by atoms with Crippen molar-refractivity contribution in [1.82, 2.24) is 0 Å². The molecule has 122 valence electrons. The van der Waals surface area contributed by atoms with Gasteiger partial charge in [0, 0.05) is 16.7 Å². The molecule has 0 saturated heterocycles. The molecule has 7 heteroatoms. The monoisotopic (exact) mass is 327 g/mol. The zero-order valence-electron chi connectivity index (χ0n) is 12.9. The predicted octanol–water partition coefficient (Wildman–Crippen LogP) is 2.65. The molecule has 0 saturated carbocycles. The number of aryl methyl sites for hydroxylation is 1. The topological polar surface area (TPSA) is 118 Å². The van der Waals surface area contributed by atoms with Gasteiger partial charge in [-0.25, -0.2) is 0 Å². The Hall–Kier alpha value is -3.22. The van der Waals surface area contributed by atoms with Gasteiger partial charge < -0.3 is 10.2 Å². The van der Waals surface area contributed by atoms with Crippen LogP contribution in [0.3, 0.4) is 0 Å². The summed E-state index contributed by atoms with van der Waals surface area (Å²) in [6.07, 6.45) is 0. The molecule has 2 N–H and O–H groups in total. The summed E-state index contributed by atoms with van der Waals surface area (Å²) < 4.78 is 0. The number of carbonyl (C=O) groups is 2. The van der Waals surface area contributed by atoms with Crippen LogP contribution in [-0.2, 0) is 15.0 Å². The van der Waals surface area contributed by atoms with Crippen LogP contribution in [0, 0.1) is 24.0 Å². The SMILES string of the molecule is Cc1cc2c(c(C)c1[N+](=O)[O-])C(C(=O)O)(C(=O)O)c1ccccc1-2. The van der Waals surface area contributed by atoms with Gasteiger partial charge in [-0.05, 0) is 36.6 Å². The van der Waals surface area contributed by atoms with Crippen molar-refractivity contribution in [2.75, 3.05) is 0 Å². The highest BCUT2D eigenvalue weighted by Crippen LogP contribution is 2.52. The fraction of sp³-hybridized carbons (Fsp3) is 0.176. The summed E-state index contributed by atoms with van der Waals surface area (Å²) in [5.41, 5.74) is -1.23. The van der Waals surface area contributed by atoms with Gasteiger partial charge in [-0.2, -0.15) is 0 Å². The van der Waals surface area contributed by atoms with Gasteiger partial charge in [0.2, 0.25) is 5.41 Å². The Bertz CT molecular complexity index is 917. The van der Waals surface area contributed by atoms with E-state index in [0.29, 0.717) is 16.7 Å². The summed E-state index contributed by atoms with van der Waals surface area (Å²) in [5.74, 6) is -3.13. The molecule has 1 aliphatic carbocycles. The Morgan fingerprint density at radius 3 is 2.21 bits per heavy atom. The van der Waals surface area contributed by atoms with Crippen molar-refractivity contribution in [1.29, 1.82) is 0 Å². The number of hydrogen-bond acceptors (Lipinski definition) is 4. The third-order valence-electron chi connectivity index (χ3n) is 4.55. The number of rotatable bonds is 3. The molecule has 3 rings (SSSR count). The smallest absolute Gasteiger partial charge is 0.330 e. The highest BCUT2D eigenvalue weighted by molar-refractivity contribution is 6.15. The maximum atomic E-state index is 12.1. The summed E-state index contributed by atoms with van der Waals surface area (Å²) in [6.45, 7) is 2.95. The molecule has 0 bridgehead atoms. The Kier molecular flexibility index (Phi) is 3.19. The van der Waals surface area contributed by atoms with E-state index < -0.39 is 22.3 Å². The van der Waals surface area contributed by atoms with Gasteiger partial charge >= 0.3 is 11.9 Å². The van der Waals surface area contributed by atoms with Gasteiger partial charge in [-0.1, -0.05) is 24.3 Å². The van der Waals surface area contributed by atoms with Gasteiger partial charge in [0.25, 0.3) is 5.69 Å². The van der Waals surface area contributed by atoms with Crippen LogP contribution in [-0.4, -0.2) is 27.1 Å². The molecule has 1 aliphatic rings. The molecular weight excluding hydrogens is 314 g/mol. The van der Waals surface area contributed by atoms with Crippen molar-refractivity contribution >= 4 is 17.6 Å². The van der Waals surface area contributed by atoms with Gasteiger partial charge in [-0.3, -0.25) is 19.7 Å². The summed E-state index contributed by atoms with van der Waals surface area (Å²) in [4.78, 5) is 34.9. The zero-order chi connectivity index (χ0) is 17.8. The lowest BCUT2D eigenvalue weighted by Crippen LogP contribution is -2.43. The van der Waals surface area contributed by atoms with Crippen molar-refractivity contribution < 1.29 is 24.7 Å². The number of aliphatic carboxylic acids is 2. The molecule has 0 unspecified atom stereocenters. The number of carboxylic acids is 2. The molecule has 24 heavy (non-hydrogen) atoms. The van der Waals surface area contributed by atoms with Crippen LogP contribution in [0.15, 0.2) is 30.3 Å². The molecule has 0 amide bonds. The van der Waals surface area contributed by atoms with E-state index in [2.05, 4.69) is 0 Å². The lowest BCUT2D eigenvalue weighted by atomic mass is 9.76. The molecule has 0 aliphatic heterocycles. The van der Waals surface area contributed by atoms with Crippen LogP contribution in [0.5, 0.6) is 0 Å². The molecule has 0 fully saturated rings. The van der Waals surface area contributed by atoms with Crippen molar-refractivity contribution in [2.24, 2.45) is 0 Å². The molecule has 2 aromatic carbocycles. The first kappa shape index (κ1) is 15.7. The first-order valence-corrected chi connectivity index (χ1v) is 7.10. The maximum Gasteiger partial charge on any atom is 0.330 e. The lowest BCUT2D eigenvalue weighted by Gasteiger charge is -2.23. The summed E-state index contributed by atoms with van der Waals surface area (Å²) >= 11 is 0. The molecule has 7 nitrogen and oxygen atoms in total. The second-order valence-corrected chi connectivity index (χ2v) is 5.75. The number of benzene rings is 2.